The largest absolute Gasteiger partial charge is 0.365 e. The molecular weight excluding hydrogens is 421 g/mol. The fraction of sp³-hybridized carbons (Fsp3) is 0.308. The maximum Gasteiger partial charge on any atom is 0.142 e. The van der Waals surface area contributed by atoms with Crippen LogP contribution >= 0.6 is 11.3 Å². The monoisotopic (exact) mass is 449 g/mol. The molecule has 0 bridgehead atoms. The van der Waals surface area contributed by atoms with Gasteiger partial charge in [-0.1, -0.05) is 30.8 Å². The third kappa shape index (κ3) is 4.46. The molecule has 1 aliphatic rings. The van der Waals surface area contributed by atoms with Gasteiger partial charge in [-0.3, -0.25) is 4.98 Å². The molecule has 4 nitrogen and oxygen atoms in total. The number of nitrogens with zero attached hydrogens (tertiary/aromatic N) is 2. The molecule has 166 valence electrons. The van der Waals surface area contributed by atoms with Gasteiger partial charge in [0.05, 0.1) is 23.5 Å². The molecule has 2 heterocycles. The lowest BCUT2D eigenvalue weighted by atomic mass is 9.79. The number of aldehydes is 1. The number of benzene rings is 1. The van der Waals surface area contributed by atoms with Crippen LogP contribution in [0.15, 0.2) is 66.6 Å². The molecule has 0 radical (unpaired) electrons. The van der Waals surface area contributed by atoms with Crippen LogP contribution in [-0.4, -0.2) is 30.3 Å². The van der Waals surface area contributed by atoms with Crippen molar-refractivity contribution in [2.24, 2.45) is 0 Å². The van der Waals surface area contributed by atoms with Gasteiger partial charge in [0.15, 0.2) is 0 Å². The van der Waals surface area contributed by atoms with Crippen LogP contribution in [0.4, 0.5) is 4.39 Å². The summed E-state index contributed by atoms with van der Waals surface area (Å²) in [5.74, 6) is 0.552. The Bertz CT molecular complexity index is 1120. The number of rotatable bonds is 9. The normalized spacial score (nSPS) is 16.1. The van der Waals surface area contributed by atoms with E-state index in [0.29, 0.717) is 17.3 Å². The minimum absolute atomic E-state index is 0.376. The highest BCUT2D eigenvalue weighted by molar-refractivity contribution is 7.10. The van der Waals surface area contributed by atoms with E-state index in [1.807, 2.05) is 37.4 Å². The summed E-state index contributed by atoms with van der Waals surface area (Å²) in [4.78, 5) is 19.3. The number of hydrogen-bond donors (Lipinski definition) is 1. The second-order valence-electron chi connectivity index (χ2n) is 8.81. The number of nitrogens with one attached hydrogen (secondary N) is 1. The Morgan fingerprint density at radius 1 is 1.25 bits per heavy atom. The van der Waals surface area contributed by atoms with Crippen LogP contribution in [0.5, 0.6) is 0 Å². The highest BCUT2D eigenvalue weighted by Gasteiger charge is 2.39. The Kier molecular flexibility index (Phi) is 6.15. The molecule has 0 aliphatic heterocycles. The fourth-order valence-electron chi connectivity index (χ4n) is 3.97. The first-order valence-electron chi connectivity index (χ1n) is 10.7. The first kappa shape index (κ1) is 22.2. The standard InChI is InChI=1S/C26H28FN3OS/c1-17(30(3)4)29-26(2,24(15-31)20-9-7-19(8-10-20)18-5-6-18)25-12-22(16-32-25)21-11-23(27)14-28-13-21/h7-16,18,24,29H,1,5-6H2,2-4H3. The minimum Gasteiger partial charge on any atom is -0.365 e. The third-order valence-electron chi connectivity index (χ3n) is 6.20. The number of halogens is 1. The van der Waals surface area contributed by atoms with E-state index < -0.39 is 11.5 Å². The Morgan fingerprint density at radius 3 is 2.56 bits per heavy atom. The van der Waals surface area contributed by atoms with E-state index in [9.17, 15) is 9.18 Å². The molecule has 0 saturated heterocycles. The Morgan fingerprint density at radius 2 is 1.97 bits per heavy atom. The van der Waals surface area contributed by atoms with Gasteiger partial charge < -0.3 is 15.0 Å². The van der Waals surface area contributed by atoms with Crippen LogP contribution in [0, 0.1) is 5.82 Å². The van der Waals surface area contributed by atoms with Gasteiger partial charge in [0.1, 0.15) is 12.1 Å². The molecule has 0 amide bonds. The van der Waals surface area contributed by atoms with Gasteiger partial charge >= 0.3 is 0 Å². The maximum atomic E-state index is 13.7. The lowest BCUT2D eigenvalue weighted by Crippen LogP contribution is -2.46. The van der Waals surface area contributed by atoms with Gasteiger partial charge in [0.2, 0.25) is 0 Å². The summed E-state index contributed by atoms with van der Waals surface area (Å²) in [6.07, 6.45) is 6.32. The summed E-state index contributed by atoms with van der Waals surface area (Å²) in [6, 6.07) is 11.9. The molecule has 2 aromatic heterocycles. The zero-order valence-corrected chi connectivity index (χ0v) is 19.5. The lowest BCUT2D eigenvalue weighted by molar-refractivity contribution is -0.110. The van der Waals surface area contributed by atoms with Crippen LogP contribution in [0.25, 0.3) is 11.1 Å². The van der Waals surface area contributed by atoms with Crippen molar-refractivity contribution < 1.29 is 9.18 Å². The number of aromatic nitrogens is 1. The first-order valence-corrected chi connectivity index (χ1v) is 11.6. The molecule has 1 fully saturated rings. The molecule has 6 heteroatoms. The van der Waals surface area contributed by atoms with Crippen molar-refractivity contribution in [2.75, 3.05) is 14.1 Å². The highest BCUT2D eigenvalue weighted by Crippen LogP contribution is 2.43. The van der Waals surface area contributed by atoms with Crippen molar-refractivity contribution in [3.8, 4) is 11.1 Å². The van der Waals surface area contributed by atoms with Gasteiger partial charge in [-0.25, -0.2) is 4.39 Å². The summed E-state index contributed by atoms with van der Waals surface area (Å²) < 4.78 is 13.7. The van der Waals surface area contributed by atoms with Crippen LogP contribution in [-0.2, 0) is 10.3 Å². The summed E-state index contributed by atoms with van der Waals surface area (Å²) >= 11 is 1.54. The van der Waals surface area contributed by atoms with E-state index in [1.54, 1.807) is 6.20 Å². The number of carbonyl (C=O) groups is 1. The van der Waals surface area contributed by atoms with Crippen LogP contribution in [0.3, 0.4) is 0 Å². The van der Waals surface area contributed by atoms with Crippen molar-refractivity contribution in [3.63, 3.8) is 0 Å². The molecule has 32 heavy (non-hydrogen) atoms. The average molecular weight is 450 g/mol. The summed E-state index contributed by atoms with van der Waals surface area (Å²) in [6.45, 7) is 6.16. The Balaban J connectivity index is 1.74. The molecular formula is C26H28FN3OS. The van der Waals surface area contributed by atoms with Gasteiger partial charge in [0, 0.05) is 30.7 Å². The number of thiophene rings is 1. The highest BCUT2D eigenvalue weighted by atomic mass is 32.1. The van der Waals surface area contributed by atoms with E-state index in [1.165, 1.54) is 42.0 Å². The minimum atomic E-state index is -0.742. The molecule has 1 aromatic carbocycles. The van der Waals surface area contributed by atoms with Gasteiger partial charge in [0.25, 0.3) is 0 Å². The van der Waals surface area contributed by atoms with Crippen molar-refractivity contribution >= 4 is 17.6 Å². The summed E-state index contributed by atoms with van der Waals surface area (Å²) in [5.41, 5.74) is 3.12. The van der Waals surface area contributed by atoms with Gasteiger partial charge in [-0.05, 0) is 59.9 Å². The number of carbonyl (C=O) groups excluding carboxylic acids is 1. The molecule has 2 atom stereocenters. The Labute approximate surface area is 192 Å². The predicted octanol–water partition coefficient (Wildman–Crippen LogP) is 5.65. The summed E-state index contributed by atoms with van der Waals surface area (Å²) in [7, 11) is 3.82. The number of pyridine rings is 1. The fourth-order valence-corrected chi connectivity index (χ4v) is 5.05. The SMILES string of the molecule is C=C(NC(C)(c1cc(-c2cncc(F)c2)cs1)C(C=O)c1ccc(C2CC2)cc1)N(C)C. The molecule has 3 aromatic rings. The second kappa shape index (κ2) is 8.87. The first-order chi connectivity index (χ1) is 15.3. The Hall–Kier alpha value is -2.99. The third-order valence-corrected chi connectivity index (χ3v) is 7.36. The van der Waals surface area contributed by atoms with Gasteiger partial charge in [-0.2, -0.15) is 0 Å². The predicted molar refractivity (Wildman–Crippen MR) is 128 cm³/mol. The second-order valence-corrected chi connectivity index (χ2v) is 9.73. The molecule has 2 unspecified atom stereocenters. The molecule has 1 N–H and O–H groups in total. The zero-order chi connectivity index (χ0) is 22.9. The van der Waals surface area contributed by atoms with Crippen molar-refractivity contribution in [1.29, 1.82) is 0 Å². The quantitative estimate of drug-likeness (QED) is 0.429. The van der Waals surface area contributed by atoms with Crippen LogP contribution in [0.2, 0.25) is 0 Å². The van der Waals surface area contributed by atoms with E-state index in [2.05, 4.69) is 41.1 Å². The number of hydrogen-bond acceptors (Lipinski definition) is 5. The van der Waals surface area contributed by atoms with Crippen molar-refractivity contribution in [1.82, 2.24) is 15.2 Å². The zero-order valence-electron chi connectivity index (χ0n) is 18.6. The molecule has 1 saturated carbocycles. The van der Waals surface area contributed by atoms with E-state index in [4.69, 9.17) is 0 Å². The van der Waals surface area contributed by atoms with E-state index >= 15 is 0 Å². The van der Waals surface area contributed by atoms with Crippen LogP contribution in [0.1, 0.15) is 47.6 Å². The van der Waals surface area contributed by atoms with Gasteiger partial charge in [-0.15, -0.1) is 11.3 Å². The summed E-state index contributed by atoms with van der Waals surface area (Å²) in [5, 5.41) is 5.48. The molecule has 0 spiro atoms. The smallest absolute Gasteiger partial charge is 0.142 e. The maximum absolute atomic E-state index is 13.7. The topological polar surface area (TPSA) is 45.2 Å². The van der Waals surface area contributed by atoms with E-state index in [-0.39, 0.29) is 5.82 Å². The van der Waals surface area contributed by atoms with E-state index in [0.717, 1.165) is 22.3 Å². The lowest BCUT2D eigenvalue weighted by Gasteiger charge is -2.38. The van der Waals surface area contributed by atoms with Crippen molar-refractivity contribution in [2.45, 2.75) is 37.1 Å². The molecule has 4 rings (SSSR count). The van der Waals surface area contributed by atoms with Crippen molar-refractivity contribution in [3.05, 3.63) is 88.4 Å². The average Bonchev–Trinajstić information content (AvgIpc) is 3.50. The van der Waals surface area contributed by atoms with Crippen LogP contribution < -0.4 is 5.32 Å². The molecule has 1 aliphatic carbocycles.